The highest BCUT2D eigenvalue weighted by Gasteiger charge is 2.52. The largest absolute Gasteiger partial charge is 0.325 e. The highest BCUT2D eigenvalue weighted by Crippen LogP contribution is 2.50. The molecule has 0 aliphatic carbocycles. The average molecular weight is 249 g/mol. The van der Waals surface area contributed by atoms with Crippen molar-refractivity contribution in [3.05, 3.63) is 71.3 Å². The number of carbonyl (C=O) groups excluding carboxylic acids is 1. The first-order valence-corrected chi connectivity index (χ1v) is 6.81. The van der Waals surface area contributed by atoms with Gasteiger partial charge in [0.15, 0.2) is 0 Å². The van der Waals surface area contributed by atoms with E-state index < -0.39 is 0 Å². The van der Waals surface area contributed by atoms with Crippen LogP contribution < -0.4 is 0 Å². The fraction of sp³-hybridized carbons (Fsp3) is 0.235. The van der Waals surface area contributed by atoms with Crippen molar-refractivity contribution in [2.45, 2.75) is 18.4 Å². The minimum absolute atomic E-state index is 0.192. The molecule has 1 saturated heterocycles. The van der Waals surface area contributed by atoms with Gasteiger partial charge < -0.3 is 4.90 Å². The van der Waals surface area contributed by atoms with Crippen LogP contribution in [0.3, 0.4) is 0 Å². The molecule has 1 fully saturated rings. The molecular formula is C17H15NO. The van der Waals surface area contributed by atoms with E-state index in [4.69, 9.17) is 0 Å². The SMILES string of the molecule is O=C1c2ccccc2C2(c3ccccc3)CCCN12. The topological polar surface area (TPSA) is 20.3 Å². The molecular weight excluding hydrogens is 234 g/mol. The lowest BCUT2D eigenvalue weighted by Crippen LogP contribution is -2.39. The van der Waals surface area contributed by atoms with Gasteiger partial charge in [-0.25, -0.2) is 0 Å². The Balaban J connectivity index is 2.02. The van der Waals surface area contributed by atoms with Crippen molar-refractivity contribution in [1.82, 2.24) is 4.90 Å². The number of carbonyl (C=O) groups is 1. The van der Waals surface area contributed by atoms with Gasteiger partial charge in [-0.05, 0) is 30.0 Å². The molecule has 2 aliphatic heterocycles. The molecule has 2 heteroatoms. The van der Waals surface area contributed by atoms with Crippen molar-refractivity contribution >= 4 is 5.91 Å². The zero-order chi connectivity index (χ0) is 12.9. The summed E-state index contributed by atoms with van der Waals surface area (Å²) in [4.78, 5) is 14.6. The fourth-order valence-electron chi connectivity index (χ4n) is 3.72. The van der Waals surface area contributed by atoms with Crippen LogP contribution in [-0.4, -0.2) is 17.4 Å². The molecule has 19 heavy (non-hydrogen) atoms. The van der Waals surface area contributed by atoms with Crippen LogP contribution in [0.2, 0.25) is 0 Å². The first-order valence-electron chi connectivity index (χ1n) is 6.81. The number of benzene rings is 2. The van der Waals surface area contributed by atoms with Gasteiger partial charge in [0.1, 0.15) is 0 Å². The molecule has 2 aliphatic rings. The van der Waals surface area contributed by atoms with E-state index in [1.807, 2.05) is 24.3 Å². The van der Waals surface area contributed by atoms with Crippen LogP contribution in [0.15, 0.2) is 54.6 Å². The maximum atomic E-state index is 12.6. The molecule has 0 bridgehead atoms. The van der Waals surface area contributed by atoms with Crippen LogP contribution >= 0.6 is 0 Å². The summed E-state index contributed by atoms with van der Waals surface area (Å²) in [5, 5.41) is 0. The van der Waals surface area contributed by atoms with Crippen molar-refractivity contribution in [2.75, 3.05) is 6.54 Å². The molecule has 0 aromatic heterocycles. The fourth-order valence-corrected chi connectivity index (χ4v) is 3.72. The summed E-state index contributed by atoms with van der Waals surface area (Å²) in [6.45, 7) is 0.863. The van der Waals surface area contributed by atoms with E-state index in [0.29, 0.717) is 0 Å². The maximum Gasteiger partial charge on any atom is 0.255 e. The number of rotatable bonds is 1. The quantitative estimate of drug-likeness (QED) is 0.760. The Hall–Kier alpha value is -2.09. The van der Waals surface area contributed by atoms with Crippen molar-refractivity contribution in [3.8, 4) is 0 Å². The monoisotopic (exact) mass is 249 g/mol. The highest BCUT2D eigenvalue weighted by molar-refractivity contribution is 6.01. The van der Waals surface area contributed by atoms with E-state index in [1.54, 1.807) is 0 Å². The lowest BCUT2D eigenvalue weighted by atomic mass is 9.81. The Morgan fingerprint density at radius 3 is 2.53 bits per heavy atom. The van der Waals surface area contributed by atoms with Crippen LogP contribution in [0.25, 0.3) is 0 Å². The third-order valence-corrected chi connectivity index (χ3v) is 4.48. The Bertz CT molecular complexity index is 649. The molecule has 2 aromatic rings. The summed E-state index contributed by atoms with van der Waals surface area (Å²) in [6.07, 6.45) is 2.11. The van der Waals surface area contributed by atoms with Crippen molar-refractivity contribution in [2.24, 2.45) is 0 Å². The van der Waals surface area contributed by atoms with Crippen LogP contribution in [0, 0.1) is 0 Å². The molecule has 1 amide bonds. The summed E-state index contributed by atoms with van der Waals surface area (Å²) < 4.78 is 0. The molecule has 0 radical (unpaired) electrons. The molecule has 2 aromatic carbocycles. The van der Waals surface area contributed by atoms with Gasteiger partial charge >= 0.3 is 0 Å². The molecule has 2 heterocycles. The molecule has 1 atom stereocenters. The second-order valence-electron chi connectivity index (χ2n) is 5.33. The van der Waals surface area contributed by atoms with E-state index in [1.165, 1.54) is 11.1 Å². The van der Waals surface area contributed by atoms with E-state index in [9.17, 15) is 4.79 Å². The summed E-state index contributed by atoms with van der Waals surface area (Å²) in [6, 6.07) is 18.5. The second kappa shape index (κ2) is 3.70. The third kappa shape index (κ3) is 1.24. The second-order valence-corrected chi connectivity index (χ2v) is 5.33. The van der Waals surface area contributed by atoms with Gasteiger partial charge in [-0.1, -0.05) is 48.5 Å². The van der Waals surface area contributed by atoms with Gasteiger partial charge in [0.2, 0.25) is 0 Å². The van der Waals surface area contributed by atoms with E-state index >= 15 is 0 Å². The molecule has 0 N–H and O–H groups in total. The van der Waals surface area contributed by atoms with E-state index in [-0.39, 0.29) is 11.4 Å². The van der Waals surface area contributed by atoms with Crippen molar-refractivity contribution in [1.29, 1.82) is 0 Å². The van der Waals surface area contributed by atoms with Crippen LogP contribution in [0.1, 0.15) is 34.3 Å². The summed E-state index contributed by atoms with van der Waals surface area (Å²) in [7, 11) is 0. The predicted molar refractivity (Wildman–Crippen MR) is 73.9 cm³/mol. The van der Waals surface area contributed by atoms with E-state index in [0.717, 1.165) is 24.9 Å². The molecule has 0 spiro atoms. The summed E-state index contributed by atoms with van der Waals surface area (Å²) in [5.41, 5.74) is 3.09. The average Bonchev–Trinajstić information content (AvgIpc) is 3.01. The van der Waals surface area contributed by atoms with E-state index in [2.05, 4.69) is 35.2 Å². The van der Waals surface area contributed by atoms with Gasteiger partial charge in [-0.3, -0.25) is 4.79 Å². The maximum absolute atomic E-state index is 12.6. The Morgan fingerprint density at radius 1 is 0.947 bits per heavy atom. The van der Waals surface area contributed by atoms with Crippen LogP contribution in [-0.2, 0) is 5.54 Å². The lowest BCUT2D eigenvalue weighted by molar-refractivity contribution is 0.0711. The Kier molecular flexibility index (Phi) is 2.10. The van der Waals surface area contributed by atoms with Crippen LogP contribution in [0.5, 0.6) is 0 Å². The number of fused-ring (bicyclic) bond motifs is 3. The summed E-state index contributed by atoms with van der Waals surface area (Å²) in [5.74, 6) is 0.192. The first kappa shape index (κ1) is 10.8. The van der Waals surface area contributed by atoms with Crippen LogP contribution in [0.4, 0.5) is 0 Å². The van der Waals surface area contributed by atoms with Gasteiger partial charge in [0, 0.05) is 12.1 Å². The number of hydrogen-bond acceptors (Lipinski definition) is 1. The van der Waals surface area contributed by atoms with Gasteiger partial charge in [-0.2, -0.15) is 0 Å². The number of amides is 1. The normalized spacial score (nSPS) is 24.4. The highest BCUT2D eigenvalue weighted by atomic mass is 16.2. The van der Waals surface area contributed by atoms with Gasteiger partial charge in [-0.15, -0.1) is 0 Å². The third-order valence-electron chi connectivity index (χ3n) is 4.48. The minimum Gasteiger partial charge on any atom is -0.325 e. The smallest absolute Gasteiger partial charge is 0.255 e. The lowest BCUT2D eigenvalue weighted by Gasteiger charge is -2.33. The Labute approximate surface area is 112 Å². The summed E-state index contributed by atoms with van der Waals surface area (Å²) >= 11 is 0. The van der Waals surface area contributed by atoms with Gasteiger partial charge in [0.05, 0.1) is 5.54 Å². The first-order chi connectivity index (χ1) is 9.34. The number of nitrogens with zero attached hydrogens (tertiary/aromatic N) is 1. The Morgan fingerprint density at radius 2 is 1.68 bits per heavy atom. The molecule has 0 saturated carbocycles. The zero-order valence-corrected chi connectivity index (χ0v) is 10.7. The minimum atomic E-state index is -0.213. The van der Waals surface area contributed by atoms with Gasteiger partial charge in [0.25, 0.3) is 5.91 Å². The zero-order valence-electron chi connectivity index (χ0n) is 10.7. The molecule has 1 unspecified atom stereocenters. The predicted octanol–water partition coefficient (Wildman–Crippen LogP) is 3.18. The molecule has 2 nitrogen and oxygen atoms in total. The standard InChI is InChI=1S/C17H15NO/c19-16-14-9-4-5-10-15(14)17(11-6-12-18(16)17)13-7-2-1-3-8-13/h1-5,7-10H,6,11-12H2. The van der Waals surface area contributed by atoms with Crippen molar-refractivity contribution in [3.63, 3.8) is 0 Å². The van der Waals surface area contributed by atoms with Crippen molar-refractivity contribution < 1.29 is 4.79 Å². The molecule has 4 rings (SSSR count). The molecule has 94 valence electrons. The number of hydrogen-bond donors (Lipinski definition) is 0.